The number of rotatable bonds is 3. The Labute approximate surface area is 80.5 Å². The lowest BCUT2D eigenvalue weighted by molar-refractivity contribution is -0.126. The van der Waals surface area contributed by atoms with E-state index in [1.165, 1.54) is 32.1 Å². The summed E-state index contributed by atoms with van der Waals surface area (Å²) < 4.78 is 0. The van der Waals surface area contributed by atoms with E-state index in [4.69, 9.17) is 0 Å². The lowest BCUT2D eigenvalue weighted by Gasteiger charge is -2.21. The molecule has 1 saturated carbocycles. The molecular weight excluding hydrogens is 164 g/mol. The average molecular weight is 184 g/mol. The van der Waals surface area contributed by atoms with Crippen LogP contribution in [0.5, 0.6) is 0 Å². The van der Waals surface area contributed by atoms with Crippen molar-refractivity contribution in [2.24, 2.45) is 5.92 Å². The molecule has 1 aliphatic carbocycles. The van der Waals surface area contributed by atoms with Gasteiger partial charge in [-0.3, -0.25) is 10.2 Å². The summed E-state index contributed by atoms with van der Waals surface area (Å²) in [7, 11) is 3.69. The second kappa shape index (κ2) is 5.22. The summed E-state index contributed by atoms with van der Waals surface area (Å²) in [6, 6.07) is 0. The summed E-state index contributed by atoms with van der Waals surface area (Å²) in [6.07, 6.45) is 7.14. The molecule has 3 nitrogen and oxygen atoms in total. The quantitative estimate of drug-likeness (QED) is 0.675. The van der Waals surface area contributed by atoms with Crippen molar-refractivity contribution in [3.63, 3.8) is 0 Å². The van der Waals surface area contributed by atoms with Crippen LogP contribution in [0.2, 0.25) is 0 Å². The third kappa shape index (κ3) is 4.27. The van der Waals surface area contributed by atoms with E-state index >= 15 is 0 Å². The zero-order valence-electron chi connectivity index (χ0n) is 8.68. The molecule has 0 radical (unpaired) electrons. The molecule has 0 aromatic rings. The molecule has 0 aromatic heterocycles. The molecule has 0 spiro atoms. The number of amides is 1. The van der Waals surface area contributed by atoms with E-state index in [0.29, 0.717) is 12.3 Å². The minimum atomic E-state index is 0.164. The molecule has 0 saturated heterocycles. The molecule has 0 atom stereocenters. The molecule has 1 amide bonds. The van der Waals surface area contributed by atoms with Crippen molar-refractivity contribution in [2.45, 2.75) is 38.5 Å². The monoisotopic (exact) mass is 184 g/mol. The first-order valence-electron chi connectivity index (χ1n) is 5.15. The third-order valence-electron chi connectivity index (χ3n) is 2.55. The predicted octanol–water partition coefficient (Wildman–Crippen LogP) is 1.55. The Morgan fingerprint density at radius 2 is 1.92 bits per heavy atom. The number of carbonyl (C=O) groups excluding carboxylic acids is 1. The molecule has 76 valence electrons. The molecule has 13 heavy (non-hydrogen) atoms. The van der Waals surface area contributed by atoms with E-state index in [0.717, 1.165) is 0 Å². The van der Waals surface area contributed by atoms with E-state index in [-0.39, 0.29) is 5.91 Å². The van der Waals surface area contributed by atoms with Gasteiger partial charge in [0.25, 0.3) is 0 Å². The molecule has 0 unspecified atom stereocenters. The molecule has 1 aliphatic rings. The highest BCUT2D eigenvalue weighted by Crippen LogP contribution is 2.25. The van der Waals surface area contributed by atoms with Crippen LogP contribution in [0.1, 0.15) is 38.5 Å². The average Bonchev–Trinajstić information content (AvgIpc) is 2.04. The van der Waals surface area contributed by atoms with E-state index in [1.54, 1.807) is 5.01 Å². The molecule has 0 aromatic carbocycles. The van der Waals surface area contributed by atoms with Crippen molar-refractivity contribution >= 4 is 5.91 Å². The largest absolute Gasteiger partial charge is 0.289 e. The summed E-state index contributed by atoms with van der Waals surface area (Å²) in [4.78, 5) is 11.4. The Morgan fingerprint density at radius 3 is 2.46 bits per heavy atom. The van der Waals surface area contributed by atoms with Gasteiger partial charge >= 0.3 is 0 Å². The fourth-order valence-corrected chi connectivity index (χ4v) is 1.95. The Balaban J connectivity index is 2.18. The number of hydrazine groups is 1. The minimum Gasteiger partial charge on any atom is -0.289 e. The Morgan fingerprint density at radius 1 is 1.31 bits per heavy atom. The van der Waals surface area contributed by atoms with Crippen LogP contribution in [-0.2, 0) is 4.79 Å². The first-order chi connectivity index (χ1) is 6.18. The first kappa shape index (κ1) is 10.5. The maximum absolute atomic E-state index is 11.4. The van der Waals surface area contributed by atoms with Crippen LogP contribution in [-0.4, -0.2) is 25.0 Å². The summed E-state index contributed by atoms with van der Waals surface area (Å²) in [6.45, 7) is 0. The molecular formula is C10H20N2O. The van der Waals surface area contributed by atoms with Crippen LogP contribution in [0.25, 0.3) is 0 Å². The van der Waals surface area contributed by atoms with Crippen molar-refractivity contribution in [1.82, 2.24) is 10.4 Å². The Bertz CT molecular complexity index is 162. The van der Waals surface area contributed by atoms with Crippen LogP contribution in [0.4, 0.5) is 0 Å². The second-order valence-corrected chi connectivity index (χ2v) is 4.14. The molecule has 1 rings (SSSR count). The van der Waals surface area contributed by atoms with Gasteiger partial charge in [0, 0.05) is 20.5 Å². The maximum Gasteiger partial charge on any atom is 0.234 e. The van der Waals surface area contributed by atoms with Crippen LogP contribution < -0.4 is 5.43 Å². The number of hydrogen-bond donors (Lipinski definition) is 1. The smallest absolute Gasteiger partial charge is 0.234 e. The van der Waals surface area contributed by atoms with E-state index in [1.807, 2.05) is 14.1 Å². The Hall–Kier alpha value is -0.570. The topological polar surface area (TPSA) is 32.3 Å². The minimum absolute atomic E-state index is 0.164. The number of nitrogens with one attached hydrogen (secondary N) is 1. The molecule has 0 heterocycles. The van der Waals surface area contributed by atoms with Gasteiger partial charge in [-0.2, -0.15) is 0 Å². The van der Waals surface area contributed by atoms with E-state index < -0.39 is 0 Å². The van der Waals surface area contributed by atoms with Gasteiger partial charge in [0.1, 0.15) is 0 Å². The summed E-state index contributed by atoms with van der Waals surface area (Å²) in [5.74, 6) is 0.797. The van der Waals surface area contributed by atoms with Gasteiger partial charge in [-0.15, -0.1) is 0 Å². The Kier molecular flexibility index (Phi) is 4.22. The lowest BCUT2D eigenvalue weighted by atomic mass is 9.87. The second-order valence-electron chi connectivity index (χ2n) is 4.14. The van der Waals surface area contributed by atoms with Gasteiger partial charge in [0.2, 0.25) is 5.91 Å². The fourth-order valence-electron chi connectivity index (χ4n) is 1.95. The van der Waals surface area contributed by atoms with Crippen LogP contribution in [0.3, 0.4) is 0 Å². The van der Waals surface area contributed by atoms with Crippen LogP contribution in [0, 0.1) is 5.92 Å². The van der Waals surface area contributed by atoms with Gasteiger partial charge < -0.3 is 0 Å². The highest BCUT2D eigenvalue weighted by molar-refractivity contribution is 5.75. The van der Waals surface area contributed by atoms with E-state index in [9.17, 15) is 4.79 Å². The van der Waals surface area contributed by atoms with Crippen molar-refractivity contribution in [3.8, 4) is 0 Å². The van der Waals surface area contributed by atoms with Gasteiger partial charge in [-0.25, -0.2) is 5.01 Å². The molecule has 1 N–H and O–H groups in total. The van der Waals surface area contributed by atoms with E-state index in [2.05, 4.69) is 5.43 Å². The van der Waals surface area contributed by atoms with Gasteiger partial charge in [0.05, 0.1) is 0 Å². The molecule has 3 heteroatoms. The summed E-state index contributed by atoms with van der Waals surface area (Å²) in [5.41, 5.74) is 2.78. The van der Waals surface area contributed by atoms with Crippen LogP contribution >= 0.6 is 0 Å². The SMILES string of the molecule is CN(C)NC(=O)CC1CCCCC1. The van der Waals surface area contributed by atoms with Crippen LogP contribution in [0.15, 0.2) is 0 Å². The highest BCUT2D eigenvalue weighted by atomic mass is 16.2. The molecule has 0 aliphatic heterocycles. The molecule has 1 fully saturated rings. The highest BCUT2D eigenvalue weighted by Gasteiger charge is 2.16. The van der Waals surface area contributed by atoms with Gasteiger partial charge in [0.15, 0.2) is 0 Å². The number of hydrogen-bond acceptors (Lipinski definition) is 2. The van der Waals surface area contributed by atoms with Gasteiger partial charge in [-0.05, 0) is 18.8 Å². The fraction of sp³-hybridized carbons (Fsp3) is 0.900. The van der Waals surface area contributed by atoms with Crippen molar-refractivity contribution in [1.29, 1.82) is 0 Å². The number of carbonyl (C=O) groups is 1. The van der Waals surface area contributed by atoms with Crippen molar-refractivity contribution < 1.29 is 4.79 Å². The lowest BCUT2D eigenvalue weighted by Crippen LogP contribution is -2.37. The predicted molar refractivity (Wildman–Crippen MR) is 53.0 cm³/mol. The maximum atomic E-state index is 11.4. The molecule has 0 bridgehead atoms. The standard InChI is InChI=1S/C10H20N2O/c1-12(2)11-10(13)8-9-6-4-3-5-7-9/h9H,3-8H2,1-2H3,(H,11,13). The first-order valence-corrected chi connectivity index (χ1v) is 5.15. The van der Waals surface area contributed by atoms with Gasteiger partial charge in [-0.1, -0.05) is 19.3 Å². The normalized spacial score (nSPS) is 19.0. The third-order valence-corrected chi connectivity index (χ3v) is 2.55. The summed E-state index contributed by atoms with van der Waals surface area (Å²) in [5, 5.41) is 1.71. The zero-order valence-corrected chi connectivity index (χ0v) is 8.68. The zero-order chi connectivity index (χ0) is 9.68. The number of nitrogens with zero attached hydrogens (tertiary/aromatic N) is 1. The summed E-state index contributed by atoms with van der Waals surface area (Å²) >= 11 is 0. The van der Waals surface area contributed by atoms with Crippen molar-refractivity contribution in [3.05, 3.63) is 0 Å². The van der Waals surface area contributed by atoms with Crippen molar-refractivity contribution in [2.75, 3.05) is 14.1 Å².